The van der Waals surface area contributed by atoms with Crippen molar-refractivity contribution in [1.29, 1.82) is 0 Å². The van der Waals surface area contributed by atoms with E-state index in [-0.39, 0.29) is 5.56 Å². The summed E-state index contributed by atoms with van der Waals surface area (Å²) in [7, 11) is 0. The van der Waals surface area contributed by atoms with Gasteiger partial charge in [0.25, 0.3) is 5.56 Å². The number of likely N-dealkylation sites (N-methyl/N-ethyl adjacent to an activating group) is 1. The fourth-order valence-corrected chi connectivity index (χ4v) is 2.42. The monoisotopic (exact) mass is 309 g/mol. The molecule has 5 nitrogen and oxygen atoms in total. The van der Waals surface area contributed by atoms with Crippen LogP contribution >= 0.6 is 11.6 Å². The second kappa shape index (κ2) is 6.13. The molecule has 0 aliphatic carbocycles. The van der Waals surface area contributed by atoms with Crippen LogP contribution < -0.4 is 5.56 Å². The Hall–Kier alpha value is -1.43. The van der Waals surface area contributed by atoms with Crippen molar-refractivity contribution in [2.75, 3.05) is 13.1 Å². The smallest absolute Gasteiger partial charge is 0.258 e. The molecule has 6 heteroatoms. The summed E-state index contributed by atoms with van der Waals surface area (Å²) in [6.45, 7) is 7.35. The summed E-state index contributed by atoms with van der Waals surface area (Å²) in [5, 5.41) is 10.4. The first-order chi connectivity index (χ1) is 9.78. The second-order valence-corrected chi connectivity index (χ2v) is 6.21. The molecule has 0 atom stereocenters. The molecule has 0 unspecified atom stereocenters. The van der Waals surface area contributed by atoms with E-state index >= 15 is 0 Å². The second-order valence-electron chi connectivity index (χ2n) is 5.78. The van der Waals surface area contributed by atoms with Crippen LogP contribution in [0, 0.1) is 0 Å². The highest BCUT2D eigenvalue weighted by Gasteiger charge is 2.18. The number of halogens is 1. The Balaban J connectivity index is 2.30. The van der Waals surface area contributed by atoms with Crippen LogP contribution in [0.4, 0.5) is 0 Å². The van der Waals surface area contributed by atoms with Gasteiger partial charge in [0.1, 0.15) is 5.65 Å². The molecule has 0 radical (unpaired) electrons. The largest absolute Gasteiger partial charge is 0.389 e. The van der Waals surface area contributed by atoms with Gasteiger partial charge < -0.3 is 5.11 Å². The zero-order valence-electron chi connectivity index (χ0n) is 12.5. The molecule has 0 amide bonds. The molecular weight excluding hydrogens is 290 g/mol. The highest BCUT2D eigenvalue weighted by atomic mass is 35.5. The van der Waals surface area contributed by atoms with Crippen LogP contribution in [-0.4, -0.2) is 38.1 Å². The number of aliphatic hydroxyl groups is 1. The molecule has 21 heavy (non-hydrogen) atoms. The lowest BCUT2D eigenvalue weighted by Gasteiger charge is -2.27. The fourth-order valence-electron chi connectivity index (χ4n) is 2.26. The number of hydrogen-bond donors (Lipinski definition) is 1. The molecule has 0 bridgehead atoms. The molecule has 0 aliphatic rings. The van der Waals surface area contributed by atoms with Crippen molar-refractivity contribution in [2.24, 2.45) is 0 Å². The van der Waals surface area contributed by atoms with E-state index in [1.165, 1.54) is 10.5 Å². The topological polar surface area (TPSA) is 57.8 Å². The molecule has 2 aromatic heterocycles. The van der Waals surface area contributed by atoms with Crippen molar-refractivity contribution in [2.45, 2.75) is 32.9 Å². The first-order valence-electron chi connectivity index (χ1n) is 6.91. The number of fused-ring (bicyclic) bond motifs is 1. The summed E-state index contributed by atoms with van der Waals surface area (Å²) in [6.07, 6.45) is 1.56. The van der Waals surface area contributed by atoms with Gasteiger partial charge in [-0.25, -0.2) is 4.98 Å². The Kier molecular flexibility index (Phi) is 4.66. The van der Waals surface area contributed by atoms with E-state index in [1.54, 1.807) is 32.2 Å². The zero-order valence-corrected chi connectivity index (χ0v) is 13.3. The van der Waals surface area contributed by atoms with Crippen molar-refractivity contribution in [3.05, 3.63) is 45.5 Å². The summed E-state index contributed by atoms with van der Waals surface area (Å²) in [5.41, 5.74) is 0.321. The molecule has 0 saturated carbocycles. The van der Waals surface area contributed by atoms with Gasteiger partial charge in [-0.2, -0.15) is 0 Å². The predicted octanol–water partition coefficient (Wildman–Crippen LogP) is 1.94. The van der Waals surface area contributed by atoms with Crippen molar-refractivity contribution in [3.8, 4) is 0 Å². The van der Waals surface area contributed by atoms with Crippen LogP contribution in [0.5, 0.6) is 0 Å². The fraction of sp³-hybridized carbons (Fsp3) is 0.467. The van der Waals surface area contributed by atoms with Gasteiger partial charge in [0.2, 0.25) is 0 Å². The minimum absolute atomic E-state index is 0.156. The number of rotatable bonds is 5. The summed E-state index contributed by atoms with van der Waals surface area (Å²) in [4.78, 5) is 18.6. The molecule has 0 fully saturated rings. The van der Waals surface area contributed by atoms with Gasteiger partial charge in [0.15, 0.2) is 0 Å². The Bertz CT molecular complexity index is 691. The lowest BCUT2D eigenvalue weighted by Crippen LogP contribution is -2.38. The highest BCUT2D eigenvalue weighted by Crippen LogP contribution is 2.11. The molecule has 114 valence electrons. The Labute approximate surface area is 128 Å². The summed E-state index contributed by atoms with van der Waals surface area (Å²) < 4.78 is 1.43. The quantitative estimate of drug-likeness (QED) is 0.917. The molecule has 0 spiro atoms. The Morgan fingerprint density at radius 1 is 1.43 bits per heavy atom. The van der Waals surface area contributed by atoms with Gasteiger partial charge in [0.05, 0.1) is 16.3 Å². The van der Waals surface area contributed by atoms with Gasteiger partial charge in [-0.3, -0.25) is 14.1 Å². The third-order valence-electron chi connectivity index (χ3n) is 3.12. The van der Waals surface area contributed by atoms with Gasteiger partial charge >= 0.3 is 0 Å². The van der Waals surface area contributed by atoms with E-state index in [1.807, 2.05) is 11.8 Å². The average molecular weight is 310 g/mol. The van der Waals surface area contributed by atoms with Crippen LogP contribution in [0.15, 0.2) is 29.2 Å². The van der Waals surface area contributed by atoms with Gasteiger partial charge in [0, 0.05) is 25.4 Å². The predicted molar refractivity (Wildman–Crippen MR) is 83.7 cm³/mol. The maximum Gasteiger partial charge on any atom is 0.258 e. The molecule has 0 aromatic carbocycles. The van der Waals surface area contributed by atoms with Gasteiger partial charge in [-0.05, 0) is 32.5 Å². The van der Waals surface area contributed by atoms with E-state index in [9.17, 15) is 9.90 Å². The van der Waals surface area contributed by atoms with Crippen molar-refractivity contribution in [3.63, 3.8) is 0 Å². The number of nitrogens with zero attached hydrogens (tertiary/aromatic N) is 3. The Morgan fingerprint density at radius 2 is 2.14 bits per heavy atom. The van der Waals surface area contributed by atoms with E-state index < -0.39 is 5.60 Å². The first kappa shape index (κ1) is 15.9. The van der Waals surface area contributed by atoms with Crippen LogP contribution in [-0.2, 0) is 6.54 Å². The van der Waals surface area contributed by atoms with Crippen molar-refractivity contribution >= 4 is 17.2 Å². The number of hydrogen-bond acceptors (Lipinski definition) is 4. The first-order valence-corrected chi connectivity index (χ1v) is 7.29. The summed E-state index contributed by atoms with van der Waals surface area (Å²) in [6, 6.07) is 4.94. The lowest BCUT2D eigenvalue weighted by molar-refractivity contribution is 0.0350. The lowest BCUT2D eigenvalue weighted by atomic mass is 10.1. The third kappa shape index (κ3) is 4.27. The van der Waals surface area contributed by atoms with Gasteiger partial charge in [-0.15, -0.1) is 0 Å². The maximum atomic E-state index is 12.1. The molecule has 2 rings (SSSR count). The van der Waals surface area contributed by atoms with E-state index in [2.05, 4.69) is 4.98 Å². The average Bonchev–Trinajstić information content (AvgIpc) is 2.37. The van der Waals surface area contributed by atoms with Crippen LogP contribution in [0.2, 0.25) is 5.02 Å². The molecule has 2 aromatic rings. The SMILES string of the molecule is CCN(Cc1cc(=O)n2cc(Cl)ccc2n1)CC(C)(C)O. The van der Waals surface area contributed by atoms with Crippen LogP contribution in [0.1, 0.15) is 26.5 Å². The molecule has 2 heterocycles. The van der Waals surface area contributed by atoms with E-state index in [0.717, 1.165) is 6.54 Å². The molecule has 1 N–H and O–H groups in total. The van der Waals surface area contributed by atoms with E-state index in [0.29, 0.717) is 29.5 Å². The normalized spacial score (nSPS) is 12.3. The minimum Gasteiger partial charge on any atom is -0.389 e. The maximum absolute atomic E-state index is 12.1. The number of aromatic nitrogens is 2. The van der Waals surface area contributed by atoms with Crippen LogP contribution in [0.25, 0.3) is 5.65 Å². The van der Waals surface area contributed by atoms with Crippen LogP contribution in [0.3, 0.4) is 0 Å². The molecule has 0 saturated heterocycles. The zero-order chi connectivity index (χ0) is 15.6. The van der Waals surface area contributed by atoms with Crippen molar-refractivity contribution < 1.29 is 5.11 Å². The van der Waals surface area contributed by atoms with E-state index in [4.69, 9.17) is 11.6 Å². The van der Waals surface area contributed by atoms with Gasteiger partial charge in [-0.1, -0.05) is 18.5 Å². The van der Waals surface area contributed by atoms with Crippen molar-refractivity contribution in [1.82, 2.24) is 14.3 Å². The minimum atomic E-state index is -0.782. The standard InChI is InChI=1S/C15H20ClN3O2/c1-4-18(10-15(2,3)21)9-12-7-14(20)19-8-11(16)5-6-13(19)17-12/h5-8,21H,4,9-10H2,1-3H3. The highest BCUT2D eigenvalue weighted by molar-refractivity contribution is 6.30. The third-order valence-corrected chi connectivity index (χ3v) is 3.34. The molecular formula is C15H20ClN3O2. The summed E-state index contributed by atoms with van der Waals surface area (Å²) >= 11 is 5.89. The Morgan fingerprint density at radius 3 is 2.76 bits per heavy atom. The number of pyridine rings is 1. The molecule has 0 aliphatic heterocycles. The summed E-state index contributed by atoms with van der Waals surface area (Å²) in [5.74, 6) is 0.